The van der Waals surface area contributed by atoms with E-state index in [2.05, 4.69) is 10.3 Å². The molecule has 0 radical (unpaired) electrons. The highest BCUT2D eigenvalue weighted by Gasteiger charge is 2.35. The van der Waals surface area contributed by atoms with E-state index in [1.807, 2.05) is 11.8 Å². The van der Waals surface area contributed by atoms with Crippen LogP contribution in [-0.4, -0.2) is 52.0 Å². The number of likely N-dealkylation sites (N-methyl/N-ethyl adjacent to an activating group) is 1. The Kier molecular flexibility index (Phi) is 5.63. The molecule has 1 aromatic heterocycles. The van der Waals surface area contributed by atoms with Crippen LogP contribution in [0, 0.1) is 5.82 Å². The van der Waals surface area contributed by atoms with Crippen LogP contribution in [0.3, 0.4) is 0 Å². The second-order valence-corrected chi connectivity index (χ2v) is 7.13. The number of thiazole rings is 1. The molecule has 0 spiro atoms. The van der Waals surface area contributed by atoms with Crippen molar-refractivity contribution in [2.24, 2.45) is 0 Å². The van der Waals surface area contributed by atoms with Crippen molar-refractivity contribution in [1.82, 2.24) is 15.2 Å². The predicted molar refractivity (Wildman–Crippen MR) is 96.7 cm³/mol. The fourth-order valence-corrected chi connectivity index (χ4v) is 3.90. The summed E-state index contributed by atoms with van der Waals surface area (Å²) in [7, 11) is 0. The number of aromatic nitrogens is 1. The van der Waals surface area contributed by atoms with Gasteiger partial charge >= 0.3 is 5.97 Å². The summed E-state index contributed by atoms with van der Waals surface area (Å²) >= 11 is 1.23. The number of nitrogens with one attached hydrogen (secondary N) is 1. The summed E-state index contributed by atoms with van der Waals surface area (Å²) in [5.74, 6) is -1.50. The molecule has 1 aliphatic carbocycles. The van der Waals surface area contributed by atoms with Gasteiger partial charge in [-0.25, -0.2) is 9.37 Å². The van der Waals surface area contributed by atoms with Crippen LogP contribution in [0.5, 0.6) is 0 Å². The van der Waals surface area contributed by atoms with Crippen LogP contribution in [0.1, 0.15) is 30.3 Å². The van der Waals surface area contributed by atoms with Crippen molar-refractivity contribution in [2.75, 3.05) is 13.1 Å². The average molecular weight is 377 g/mol. The Balaban J connectivity index is 1.56. The zero-order chi connectivity index (χ0) is 18.7. The van der Waals surface area contributed by atoms with Crippen LogP contribution in [0.15, 0.2) is 29.6 Å². The zero-order valence-electron chi connectivity index (χ0n) is 14.3. The highest BCUT2D eigenvalue weighted by molar-refractivity contribution is 7.13. The number of hydrogen-bond acceptors (Lipinski definition) is 5. The maximum absolute atomic E-state index is 13.8. The van der Waals surface area contributed by atoms with Crippen LogP contribution < -0.4 is 5.32 Å². The maximum atomic E-state index is 13.8. The number of hydrogen-bond donors (Lipinski definition) is 2. The van der Waals surface area contributed by atoms with Gasteiger partial charge in [-0.1, -0.05) is 19.1 Å². The molecule has 138 valence electrons. The Morgan fingerprint density at radius 3 is 2.77 bits per heavy atom. The molecule has 1 heterocycles. The van der Waals surface area contributed by atoms with Gasteiger partial charge in [-0.05, 0) is 31.5 Å². The van der Waals surface area contributed by atoms with Crippen LogP contribution in [0.2, 0.25) is 0 Å². The topological polar surface area (TPSA) is 82.5 Å². The summed E-state index contributed by atoms with van der Waals surface area (Å²) in [5.41, 5.74) is 0.655. The summed E-state index contributed by atoms with van der Waals surface area (Å²) in [5, 5.41) is 13.9. The second-order valence-electron chi connectivity index (χ2n) is 6.27. The summed E-state index contributed by atoms with van der Waals surface area (Å²) in [6, 6.07) is 6.51. The first-order chi connectivity index (χ1) is 12.5. The Bertz CT molecular complexity index is 804. The molecule has 6 nitrogen and oxygen atoms in total. The van der Waals surface area contributed by atoms with Crippen molar-refractivity contribution < 1.29 is 19.1 Å². The Labute approximate surface area is 154 Å². The highest BCUT2D eigenvalue weighted by Crippen LogP contribution is 2.28. The molecule has 1 aliphatic rings. The molecule has 0 atom stereocenters. The number of carbonyl (C=O) groups excluding carboxylic acids is 1. The van der Waals surface area contributed by atoms with Gasteiger partial charge in [-0.3, -0.25) is 14.5 Å². The van der Waals surface area contributed by atoms with Crippen molar-refractivity contribution >= 4 is 23.2 Å². The van der Waals surface area contributed by atoms with Gasteiger partial charge < -0.3 is 10.4 Å². The number of aliphatic carboxylic acids is 1. The molecule has 0 aliphatic heterocycles. The Hall–Kier alpha value is -2.32. The van der Waals surface area contributed by atoms with E-state index >= 15 is 0 Å². The third kappa shape index (κ3) is 4.08. The van der Waals surface area contributed by atoms with Crippen molar-refractivity contribution in [1.29, 1.82) is 0 Å². The molecule has 0 saturated heterocycles. The van der Waals surface area contributed by atoms with Gasteiger partial charge in [0.15, 0.2) is 0 Å². The van der Waals surface area contributed by atoms with Gasteiger partial charge in [-0.2, -0.15) is 0 Å². The van der Waals surface area contributed by atoms with E-state index < -0.39 is 5.97 Å². The molecule has 8 heteroatoms. The summed E-state index contributed by atoms with van der Waals surface area (Å²) in [4.78, 5) is 29.3. The molecular weight excluding hydrogens is 357 g/mol. The smallest absolute Gasteiger partial charge is 0.317 e. The summed E-state index contributed by atoms with van der Waals surface area (Å²) < 4.78 is 13.8. The molecule has 0 unspecified atom stereocenters. The number of nitrogens with zero attached hydrogens (tertiary/aromatic N) is 2. The molecule has 2 N–H and O–H groups in total. The third-order valence-electron chi connectivity index (χ3n) is 4.55. The Morgan fingerprint density at radius 1 is 1.38 bits per heavy atom. The standard InChI is InChI=1S/C18H20FN3O3S/c1-2-22(9-16(23)24)12-7-11(8-12)20-17(25)15-10-26-18(21-15)13-5-3-4-6-14(13)19/h3-6,10-12H,2,7-9H2,1H3,(H,20,25)(H,23,24). The number of carboxylic acids is 1. The van der Waals surface area contributed by atoms with Crippen molar-refractivity contribution in [3.8, 4) is 10.6 Å². The van der Waals surface area contributed by atoms with Crippen LogP contribution in [0.4, 0.5) is 4.39 Å². The predicted octanol–water partition coefficient (Wildman–Crippen LogP) is 2.62. The van der Waals surface area contributed by atoms with Gasteiger partial charge in [0.05, 0.1) is 6.54 Å². The minimum absolute atomic E-state index is 0.00829. The molecule has 26 heavy (non-hydrogen) atoms. The molecule has 1 aromatic carbocycles. The number of halogens is 1. The monoisotopic (exact) mass is 377 g/mol. The van der Waals surface area contributed by atoms with E-state index in [1.54, 1.807) is 23.6 Å². The normalized spacial score (nSPS) is 19.2. The van der Waals surface area contributed by atoms with Gasteiger partial charge in [0.2, 0.25) is 0 Å². The lowest BCUT2D eigenvalue weighted by Crippen LogP contribution is -2.54. The second kappa shape index (κ2) is 7.92. The van der Waals surface area contributed by atoms with Gasteiger partial charge in [0.25, 0.3) is 5.91 Å². The molecule has 1 amide bonds. The third-order valence-corrected chi connectivity index (χ3v) is 5.43. The molecule has 1 fully saturated rings. The maximum Gasteiger partial charge on any atom is 0.317 e. The number of carboxylic acid groups (broad SMARTS) is 1. The van der Waals surface area contributed by atoms with E-state index in [-0.39, 0.29) is 36.0 Å². The minimum Gasteiger partial charge on any atom is -0.480 e. The molecular formula is C18H20FN3O3S. The van der Waals surface area contributed by atoms with E-state index in [0.717, 1.165) is 12.8 Å². The van der Waals surface area contributed by atoms with E-state index in [0.29, 0.717) is 17.1 Å². The first kappa shape index (κ1) is 18.5. The van der Waals surface area contributed by atoms with Crippen LogP contribution in [-0.2, 0) is 4.79 Å². The van der Waals surface area contributed by atoms with Crippen molar-refractivity contribution in [3.63, 3.8) is 0 Å². The lowest BCUT2D eigenvalue weighted by molar-refractivity contribution is -0.139. The minimum atomic E-state index is -0.845. The molecule has 3 rings (SSSR count). The lowest BCUT2D eigenvalue weighted by Gasteiger charge is -2.42. The number of rotatable bonds is 7. The van der Waals surface area contributed by atoms with Gasteiger partial charge in [0.1, 0.15) is 16.5 Å². The van der Waals surface area contributed by atoms with Gasteiger partial charge in [-0.15, -0.1) is 11.3 Å². The summed E-state index contributed by atoms with van der Waals surface area (Å²) in [6.07, 6.45) is 1.44. The lowest BCUT2D eigenvalue weighted by atomic mass is 9.85. The van der Waals surface area contributed by atoms with E-state index in [9.17, 15) is 14.0 Å². The zero-order valence-corrected chi connectivity index (χ0v) is 15.1. The quantitative estimate of drug-likeness (QED) is 0.775. The van der Waals surface area contributed by atoms with Crippen LogP contribution in [0.25, 0.3) is 10.6 Å². The number of carbonyl (C=O) groups is 2. The first-order valence-electron chi connectivity index (χ1n) is 8.45. The number of amides is 1. The van der Waals surface area contributed by atoms with Gasteiger partial charge in [0, 0.05) is 23.0 Å². The van der Waals surface area contributed by atoms with Crippen molar-refractivity contribution in [3.05, 3.63) is 41.2 Å². The fraction of sp³-hybridized carbons (Fsp3) is 0.389. The SMILES string of the molecule is CCN(CC(=O)O)C1CC(NC(=O)c2csc(-c3ccccc3F)n2)C1. The average Bonchev–Trinajstić information content (AvgIpc) is 3.06. The van der Waals surface area contributed by atoms with E-state index in [1.165, 1.54) is 17.4 Å². The Morgan fingerprint density at radius 2 is 2.12 bits per heavy atom. The molecule has 0 bridgehead atoms. The fourth-order valence-electron chi connectivity index (χ4n) is 3.07. The summed E-state index contributed by atoms with van der Waals surface area (Å²) in [6.45, 7) is 2.60. The van der Waals surface area contributed by atoms with Crippen LogP contribution >= 0.6 is 11.3 Å². The van der Waals surface area contributed by atoms with E-state index in [4.69, 9.17) is 5.11 Å². The highest BCUT2D eigenvalue weighted by atomic mass is 32.1. The number of benzene rings is 1. The first-order valence-corrected chi connectivity index (χ1v) is 9.33. The largest absolute Gasteiger partial charge is 0.480 e. The molecule has 2 aromatic rings. The molecule has 1 saturated carbocycles. The van der Waals surface area contributed by atoms with Crippen molar-refractivity contribution in [2.45, 2.75) is 31.8 Å².